The second kappa shape index (κ2) is 7.01. The molecule has 1 aromatic rings. The predicted octanol–water partition coefficient (Wildman–Crippen LogP) is 4.23. The van der Waals surface area contributed by atoms with Gasteiger partial charge in [0, 0.05) is 17.5 Å². The van der Waals surface area contributed by atoms with Crippen molar-refractivity contribution in [1.29, 1.82) is 0 Å². The van der Waals surface area contributed by atoms with Gasteiger partial charge in [0.2, 0.25) is 0 Å². The molecule has 1 atom stereocenters. The molecule has 4 heteroatoms. The molecule has 1 saturated carbocycles. The van der Waals surface area contributed by atoms with E-state index in [-0.39, 0.29) is 5.82 Å². The molecule has 0 aliphatic heterocycles. The Morgan fingerprint density at radius 2 is 2.00 bits per heavy atom. The van der Waals surface area contributed by atoms with Gasteiger partial charge in [0.1, 0.15) is 5.82 Å². The molecular formula is C16H22BrFO2. The summed E-state index contributed by atoms with van der Waals surface area (Å²) >= 11 is 3.29. The molecule has 0 saturated heterocycles. The van der Waals surface area contributed by atoms with Crippen LogP contribution in [-0.4, -0.2) is 23.4 Å². The summed E-state index contributed by atoms with van der Waals surface area (Å²) in [6, 6.07) is 4.76. The van der Waals surface area contributed by atoms with E-state index < -0.39 is 11.7 Å². The van der Waals surface area contributed by atoms with Crippen molar-refractivity contribution in [1.82, 2.24) is 0 Å². The van der Waals surface area contributed by atoms with E-state index >= 15 is 0 Å². The number of benzene rings is 1. The zero-order chi connectivity index (χ0) is 14.6. The van der Waals surface area contributed by atoms with Gasteiger partial charge in [-0.3, -0.25) is 0 Å². The molecule has 1 aliphatic carbocycles. The number of hydrogen-bond donors (Lipinski definition) is 1. The van der Waals surface area contributed by atoms with Crippen LogP contribution in [0.15, 0.2) is 22.7 Å². The highest BCUT2D eigenvalue weighted by Gasteiger charge is 2.39. The van der Waals surface area contributed by atoms with Crippen LogP contribution in [0.5, 0.6) is 0 Å². The summed E-state index contributed by atoms with van der Waals surface area (Å²) in [6.45, 7) is 2.56. The van der Waals surface area contributed by atoms with Crippen LogP contribution < -0.4 is 0 Å². The number of ether oxygens (including phenoxy) is 1. The molecule has 0 aromatic heterocycles. The van der Waals surface area contributed by atoms with Crippen LogP contribution >= 0.6 is 15.9 Å². The fourth-order valence-electron chi connectivity index (χ4n) is 3.15. The summed E-state index contributed by atoms with van der Waals surface area (Å²) in [5.74, 6) is -0.282. The van der Waals surface area contributed by atoms with E-state index in [4.69, 9.17) is 4.74 Å². The topological polar surface area (TPSA) is 29.5 Å². The normalized spacial score (nSPS) is 19.8. The van der Waals surface area contributed by atoms with E-state index in [0.29, 0.717) is 17.5 Å². The van der Waals surface area contributed by atoms with Crippen molar-refractivity contribution in [3.05, 3.63) is 34.1 Å². The smallest absolute Gasteiger partial charge is 0.124 e. The number of halogens is 2. The third-order valence-electron chi connectivity index (χ3n) is 4.09. The Kier molecular flexibility index (Phi) is 5.58. The van der Waals surface area contributed by atoms with Gasteiger partial charge in [-0.1, -0.05) is 35.2 Å². The number of rotatable bonds is 5. The van der Waals surface area contributed by atoms with Crippen LogP contribution in [0.25, 0.3) is 0 Å². The zero-order valence-corrected chi connectivity index (χ0v) is 13.5. The van der Waals surface area contributed by atoms with Crippen molar-refractivity contribution < 1.29 is 14.2 Å². The van der Waals surface area contributed by atoms with E-state index in [1.807, 2.05) is 13.0 Å². The van der Waals surface area contributed by atoms with E-state index in [0.717, 1.165) is 31.2 Å². The maximum absolute atomic E-state index is 13.4. The monoisotopic (exact) mass is 344 g/mol. The molecule has 0 radical (unpaired) electrons. The molecule has 1 aliphatic rings. The molecule has 2 nitrogen and oxygen atoms in total. The van der Waals surface area contributed by atoms with Crippen molar-refractivity contribution in [2.45, 2.75) is 57.2 Å². The minimum Gasteiger partial charge on any atom is -0.390 e. The lowest BCUT2D eigenvalue weighted by atomic mass is 9.78. The van der Waals surface area contributed by atoms with Crippen molar-refractivity contribution >= 4 is 15.9 Å². The van der Waals surface area contributed by atoms with Crippen molar-refractivity contribution in [2.75, 3.05) is 6.61 Å². The number of hydrogen-bond acceptors (Lipinski definition) is 2. The highest BCUT2D eigenvalue weighted by Crippen LogP contribution is 2.36. The first-order chi connectivity index (χ1) is 9.55. The van der Waals surface area contributed by atoms with Crippen LogP contribution in [-0.2, 0) is 11.2 Å². The quantitative estimate of drug-likeness (QED) is 0.865. The Morgan fingerprint density at radius 3 is 2.60 bits per heavy atom. The van der Waals surface area contributed by atoms with E-state index in [9.17, 15) is 9.50 Å². The van der Waals surface area contributed by atoms with Gasteiger partial charge in [-0.05, 0) is 43.5 Å². The Bertz CT molecular complexity index is 418. The third kappa shape index (κ3) is 3.80. The minimum atomic E-state index is -0.587. The van der Waals surface area contributed by atoms with Gasteiger partial charge in [-0.2, -0.15) is 0 Å². The maximum atomic E-state index is 13.4. The average molecular weight is 345 g/mol. The van der Waals surface area contributed by atoms with Crippen LogP contribution in [0.4, 0.5) is 4.39 Å². The third-order valence-corrected chi connectivity index (χ3v) is 4.55. The largest absolute Gasteiger partial charge is 0.390 e. The fourth-order valence-corrected chi connectivity index (χ4v) is 3.66. The highest BCUT2D eigenvalue weighted by atomic mass is 79.9. The molecular weight excluding hydrogens is 323 g/mol. The van der Waals surface area contributed by atoms with Crippen LogP contribution in [0.3, 0.4) is 0 Å². The van der Waals surface area contributed by atoms with Gasteiger partial charge in [-0.15, -0.1) is 0 Å². The Labute approximate surface area is 128 Å². The summed E-state index contributed by atoms with van der Waals surface area (Å²) in [7, 11) is 0. The summed E-state index contributed by atoms with van der Waals surface area (Å²) < 4.78 is 20.0. The van der Waals surface area contributed by atoms with Crippen LogP contribution in [0, 0.1) is 5.82 Å². The Hall–Kier alpha value is -0.450. The first-order valence-electron chi connectivity index (χ1n) is 7.33. The Balaban J connectivity index is 2.13. The summed E-state index contributed by atoms with van der Waals surface area (Å²) in [5, 5.41) is 10.6. The molecule has 0 heterocycles. The molecule has 20 heavy (non-hydrogen) atoms. The maximum Gasteiger partial charge on any atom is 0.124 e. The minimum absolute atomic E-state index is 0.282. The van der Waals surface area contributed by atoms with Crippen molar-refractivity contribution in [2.24, 2.45) is 0 Å². The van der Waals surface area contributed by atoms with Gasteiger partial charge in [0.15, 0.2) is 0 Å². The van der Waals surface area contributed by atoms with Crippen molar-refractivity contribution in [3.8, 4) is 0 Å². The van der Waals surface area contributed by atoms with Gasteiger partial charge in [-0.25, -0.2) is 4.39 Å². The van der Waals surface area contributed by atoms with Crippen LogP contribution in [0.1, 0.15) is 44.6 Å². The van der Waals surface area contributed by atoms with Gasteiger partial charge in [0.05, 0.1) is 11.7 Å². The number of aliphatic hydroxyl groups excluding tert-OH is 1. The van der Waals surface area contributed by atoms with Gasteiger partial charge in [0.25, 0.3) is 0 Å². The molecule has 1 fully saturated rings. The molecule has 1 N–H and O–H groups in total. The van der Waals surface area contributed by atoms with Crippen LogP contribution in [0.2, 0.25) is 0 Å². The highest BCUT2D eigenvalue weighted by molar-refractivity contribution is 9.10. The molecule has 2 rings (SSSR count). The predicted molar refractivity (Wildman–Crippen MR) is 81.3 cm³/mol. The zero-order valence-electron chi connectivity index (χ0n) is 11.9. The van der Waals surface area contributed by atoms with Gasteiger partial charge < -0.3 is 9.84 Å². The summed E-state index contributed by atoms with van der Waals surface area (Å²) in [5.41, 5.74) is 0.347. The molecule has 0 bridgehead atoms. The molecule has 1 aromatic carbocycles. The molecule has 112 valence electrons. The standard InChI is InChI=1S/C16H22BrFO2/c1-2-20-16(6-4-3-5-7-16)15(19)10-12-8-13(17)11-14(18)9-12/h8-9,11,15,19H,2-7,10H2,1H3. The van der Waals surface area contributed by atoms with E-state index in [2.05, 4.69) is 15.9 Å². The number of aliphatic hydroxyl groups is 1. The molecule has 0 spiro atoms. The lowest BCUT2D eigenvalue weighted by molar-refractivity contribution is -0.138. The summed E-state index contributed by atoms with van der Waals surface area (Å²) in [4.78, 5) is 0. The van der Waals surface area contributed by atoms with Crippen molar-refractivity contribution in [3.63, 3.8) is 0 Å². The second-order valence-electron chi connectivity index (χ2n) is 5.56. The second-order valence-corrected chi connectivity index (χ2v) is 6.47. The van der Waals surface area contributed by atoms with Gasteiger partial charge >= 0.3 is 0 Å². The first-order valence-corrected chi connectivity index (χ1v) is 8.12. The molecule has 0 amide bonds. The fraction of sp³-hybridized carbons (Fsp3) is 0.625. The Morgan fingerprint density at radius 1 is 1.30 bits per heavy atom. The SMILES string of the molecule is CCOC1(C(O)Cc2cc(F)cc(Br)c2)CCCCC1. The molecule has 1 unspecified atom stereocenters. The lowest BCUT2D eigenvalue weighted by Gasteiger charge is -2.41. The first kappa shape index (κ1) is 15.9. The average Bonchev–Trinajstić information content (AvgIpc) is 2.38. The van der Waals surface area contributed by atoms with E-state index in [1.165, 1.54) is 18.6 Å². The van der Waals surface area contributed by atoms with E-state index in [1.54, 1.807) is 0 Å². The summed E-state index contributed by atoms with van der Waals surface area (Å²) in [6.07, 6.45) is 4.99. The lowest BCUT2D eigenvalue weighted by Crippen LogP contribution is -2.47.